The molecule has 2 rings (SSSR count). The molecule has 5 N–H and O–H groups in total. The molecule has 0 unspecified atom stereocenters. The summed E-state index contributed by atoms with van der Waals surface area (Å²) in [7, 11) is 0. The minimum absolute atomic E-state index is 0.141. The van der Waals surface area contributed by atoms with E-state index in [0.717, 1.165) is 0 Å². The lowest BCUT2D eigenvalue weighted by molar-refractivity contribution is 0.100. The number of nitrogen functional groups attached to an aromatic ring is 1. The summed E-state index contributed by atoms with van der Waals surface area (Å²) in [6, 6.07) is 5.90. The lowest BCUT2D eigenvalue weighted by Gasteiger charge is -2.15. The highest BCUT2D eigenvalue weighted by atomic mass is 35.5. The summed E-state index contributed by atoms with van der Waals surface area (Å²) < 4.78 is 0. The Balaban J connectivity index is 2.54. The fraction of sp³-hybridized carbons (Fsp3) is 0. The zero-order chi connectivity index (χ0) is 15.7. The summed E-state index contributed by atoms with van der Waals surface area (Å²) in [6.45, 7) is 0. The average Bonchev–Trinajstić information content (AvgIpc) is 2.38. The van der Waals surface area contributed by atoms with Gasteiger partial charge in [-0.1, -0.05) is 46.4 Å². The van der Waals surface area contributed by atoms with Crippen molar-refractivity contribution >= 4 is 69.4 Å². The molecule has 0 atom stereocenters. The Labute approximate surface area is 140 Å². The molecule has 0 heterocycles. The monoisotopic (exact) mass is 363 g/mol. The Bertz CT molecular complexity index is 734. The van der Waals surface area contributed by atoms with Crippen LogP contribution in [-0.2, 0) is 0 Å². The number of rotatable bonds is 3. The molecular formula is C13H9Cl4N3O. The number of amides is 1. The number of nitrogens with two attached hydrogens (primary N) is 2. The van der Waals surface area contributed by atoms with Gasteiger partial charge in [-0.15, -0.1) is 0 Å². The highest BCUT2D eigenvalue weighted by molar-refractivity contribution is 6.44. The van der Waals surface area contributed by atoms with Crippen molar-refractivity contribution in [1.29, 1.82) is 0 Å². The van der Waals surface area contributed by atoms with Gasteiger partial charge >= 0.3 is 0 Å². The third-order valence-electron chi connectivity index (χ3n) is 2.65. The number of carbonyl (C=O) groups excluding carboxylic acids is 1. The Morgan fingerprint density at radius 3 is 2.14 bits per heavy atom. The van der Waals surface area contributed by atoms with Crippen LogP contribution < -0.4 is 16.8 Å². The maximum absolute atomic E-state index is 11.5. The van der Waals surface area contributed by atoms with E-state index in [4.69, 9.17) is 57.9 Å². The van der Waals surface area contributed by atoms with Gasteiger partial charge in [-0.2, -0.15) is 0 Å². The largest absolute Gasteiger partial charge is 0.399 e. The van der Waals surface area contributed by atoms with E-state index < -0.39 is 5.91 Å². The number of nitrogens with one attached hydrogen (secondary N) is 1. The molecule has 8 heteroatoms. The van der Waals surface area contributed by atoms with Crippen molar-refractivity contribution in [2.45, 2.75) is 0 Å². The average molecular weight is 365 g/mol. The van der Waals surface area contributed by atoms with Gasteiger partial charge < -0.3 is 16.8 Å². The van der Waals surface area contributed by atoms with E-state index in [1.807, 2.05) is 0 Å². The van der Waals surface area contributed by atoms with Crippen molar-refractivity contribution in [1.82, 2.24) is 0 Å². The van der Waals surface area contributed by atoms with Gasteiger partial charge in [-0.05, 0) is 24.3 Å². The number of benzene rings is 2. The molecule has 0 saturated carbocycles. The number of anilines is 3. The molecule has 0 fully saturated rings. The summed E-state index contributed by atoms with van der Waals surface area (Å²) in [4.78, 5) is 11.5. The first-order chi connectivity index (χ1) is 9.79. The fourth-order valence-electron chi connectivity index (χ4n) is 1.70. The SMILES string of the molecule is NC(=O)c1cc(N)cc(Cl)c1Nc1cc(Cl)c(Cl)cc1Cl. The molecule has 0 spiro atoms. The minimum atomic E-state index is -0.678. The van der Waals surface area contributed by atoms with Crippen LogP contribution in [0, 0.1) is 0 Å². The van der Waals surface area contributed by atoms with E-state index in [1.54, 1.807) is 0 Å². The van der Waals surface area contributed by atoms with Crippen LogP contribution in [-0.4, -0.2) is 5.91 Å². The van der Waals surface area contributed by atoms with E-state index in [1.165, 1.54) is 24.3 Å². The predicted molar refractivity (Wildman–Crippen MR) is 89.1 cm³/mol. The molecule has 4 nitrogen and oxygen atoms in total. The third-order valence-corrected chi connectivity index (χ3v) is 3.98. The molecule has 0 aromatic heterocycles. The number of primary amides is 1. The number of halogens is 4. The maximum Gasteiger partial charge on any atom is 0.250 e. The van der Waals surface area contributed by atoms with Crippen LogP contribution in [0.15, 0.2) is 24.3 Å². The van der Waals surface area contributed by atoms with Gasteiger partial charge in [0.25, 0.3) is 5.91 Å². The first-order valence-electron chi connectivity index (χ1n) is 5.60. The van der Waals surface area contributed by atoms with E-state index in [-0.39, 0.29) is 10.6 Å². The van der Waals surface area contributed by atoms with Crippen molar-refractivity contribution in [3.05, 3.63) is 49.9 Å². The lowest BCUT2D eigenvalue weighted by Crippen LogP contribution is -2.14. The molecule has 0 saturated heterocycles. The van der Waals surface area contributed by atoms with Crippen LogP contribution in [0.25, 0.3) is 0 Å². The summed E-state index contributed by atoms with van der Waals surface area (Å²) in [5, 5.41) is 4.08. The lowest BCUT2D eigenvalue weighted by atomic mass is 10.1. The fourth-order valence-corrected chi connectivity index (χ4v) is 2.57. The van der Waals surface area contributed by atoms with Gasteiger partial charge in [0.1, 0.15) is 0 Å². The normalized spacial score (nSPS) is 10.5. The van der Waals surface area contributed by atoms with Gasteiger partial charge in [-0.25, -0.2) is 0 Å². The van der Waals surface area contributed by atoms with Crippen LogP contribution >= 0.6 is 46.4 Å². The van der Waals surface area contributed by atoms with Crippen molar-refractivity contribution in [3.8, 4) is 0 Å². The first-order valence-corrected chi connectivity index (χ1v) is 7.11. The molecular weight excluding hydrogens is 356 g/mol. The Kier molecular flexibility index (Phi) is 4.74. The molecule has 110 valence electrons. The van der Waals surface area contributed by atoms with Crippen LogP contribution in [0.5, 0.6) is 0 Å². The molecule has 2 aromatic rings. The van der Waals surface area contributed by atoms with E-state index in [9.17, 15) is 4.79 Å². The van der Waals surface area contributed by atoms with Gasteiger partial charge in [0, 0.05) is 5.69 Å². The van der Waals surface area contributed by atoms with Crippen molar-refractivity contribution < 1.29 is 4.79 Å². The third kappa shape index (κ3) is 3.47. The highest BCUT2D eigenvalue weighted by Gasteiger charge is 2.15. The number of hydrogen-bond donors (Lipinski definition) is 3. The van der Waals surface area contributed by atoms with E-state index in [0.29, 0.717) is 32.1 Å². The van der Waals surface area contributed by atoms with Gasteiger partial charge in [0.05, 0.1) is 37.0 Å². The smallest absolute Gasteiger partial charge is 0.250 e. The van der Waals surface area contributed by atoms with Crippen LogP contribution in [0.1, 0.15) is 10.4 Å². The van der Waals surface area contributed by atoms with Gasteiger partial charge in [0.15, 0.2) is 0 Å². The topological polar surface area (TPSA) is 81.1 Å². The van der Waals surface area contributed by atoms with Crippen molar-refractivity contribution in [2.75, 3.05) is 11.1 Å². The Morgan fingerprint density at radius 1 is 0.905 bits per heavy atom. The minimum Gasteiger partial charge on any atom is -0.399 e. The number of carbonyl (C=O) groups is 1. The quantitative estimate of drug-likeness (QED) is 0.544. The predicted octanol–water partition coefficient (Wildman–Crippen LogP) is 4.72. The standard InChI is InChI=1S/C13H9Cl4N3O/c14-7-3-9(16)11(4-8(7)15)20-12-6(13(19)21)1-5(18)2-10(12)17/h1-4,20H,18H2,(H2,19,21). The highest BCUT2D eigenvalue weighted by Crippen LogP contribution is 2.37. The second-order valence-electron chi connectivity index (χ2n) is 4.16. The molecule has 1 amide bonds. The molecule has 0 bridgehead atoms. The summed E-state index contributed by atoms with van der Waals surface area (Å²) in [5.74, 6) is -0.678. The summed E-state index contributed by atoms with van der Waals surface area (Å²) in [6.07, 6.45) is 0. The van der Waals surface area contributed by atoms with Crippen LogP contribution in [0.4, 0.5) is 17.1 Å². The maximum atomic E-state index is 11.5. The number of hydrogen-bond acceptors (Lipinski definition) is 3. The molecule has 2 aromatic carbocycles. The molecule has 0 aliphatic heterocycles. The molecule has 0 radical (unpaired) electrons. The molecule has 0 aliphatic carbocycles. The van der Waals surface area contributed by atoms with Crippen molar-refractivity contribution in [2.24, 2.45) is 5.73 Å². The molecule has 0 aliphatic rings. The van der Waals surface area contributed by atoms with Gasteiger partial charge in [-0.3, -0.25) is 4.79 Å². The second kappa shape index (κ2) is 6.20. The van der Waals surface area contributed by atoms with Gasteiger partial charge in [0.2, 0.25) is 0 Å². The Hall–Kier alpha value is -1.33. The molecule has 21 heavy (non-hydrogen) atoms. The van der Waals surface area contributed by atoms with Crippen LogP contribution in [0.2, 0.25) is 20.1 Å². The van der Waals surface area contributed by atoms with Crippen LogP contribution in [0.3, 0.4) is 0 Å². The second-order valence-corrected chi connectivity index (χ2v) is 5.79. The van der Waals surface area contributed by atoms with Crippen molar-refractivity contribution in [3.63, 3.8) is 0 Å². The van der Waals surface area contributed by atoms with E-state index in [2.05, 4.69) is 5.32 Å². The zero-order valence-electron chi connectivity index (χ0n) is 10.4. The Morgan fingerprint density at radius 2 is 1.52 bits per heavy atom. The first kappa shape index (κ1) is 16.0. The van der Waals surface area contributed by atoms with E-state index >= 15 is 0 Å². The zero-order valence-corrected chi connectivity index (χ0v) is 13.4. The summed E-state index contributed by atoms with van der Waals surface area (Å²) in [5.41, 5.74) is 12.2. The summed E-state index contributed by atoms with van der Waals surface area (Å²) >= 11 is 24.0.